The minimum absolute atomic E-state index is 0.218. The van der Waals surface area contributed by atoms with Crippen LogP contribution in [0.5, 0.6) is 0 Å². The van der Waals surface area contributed by atoms with Gasteiger partial charge in [-0.3, -0.25) is 0 Å². The predicted molar refractivity (Wildman–Crippen MR) is 98.3 cm³/mol. The van der Waals surface area contributed by atoms with Crippen molar-refractivity contribution in [3.63, 3.8) is 0 Å². The van der Waals surface area contributed by atoms with E-state index in [1.807, 2.05) is 26.8 Å². The third-order valence-corrected chi connectivity index (χ3v) is 5.94. The Kier molecular flexibility index (Phi) is 6.00. The molecule has 1 aliphatic rings. The second kappa shape index (κ2) is 7.59. The lowest BCUT2D eigenvalue weighted by Gasteiger charge is -2.26. The average molecular weight is 356 g/mol. The van der Waals surface area contributed by atoms with Crippen LogP contribution in [0.25, 0.3) is 0 Å². The van der Waals surface area contributed by atoms with Crippen molar-refractivity contribution in [2.75, 3.05) is 18.4 Å². The number of nitrogens with one attached hydrogen (secondary N) is 2. The Morgan fingerprint density at radius 1 is 1.22 bits per heavy atom. The van der Waals surface area contributed by atoms with Gasteiger partial charge in [0, 0.05) is 24.8 Å². The molecule has 1 heterocycles. The monoisotopic (exact) mass is 355 g/mol. The van der Waals surface area contributed by atoms with Crippen molar-refractivity contribution in [2.45, 2.75) is 51.0 Å². The third kappa shape index (κ3) is 4.65. The molecule has 0 unspecified atom stereocenters. The van der Waals surface area contributed by atoms with E-state index >= 15 is 0 Å². The Bertz CT molecular complexity index is 666. The van der Waals surface area contributed by atoms with Crippen LogP contribution >= 0.6 is 12.2 Å². The molecule has 1 fully saturated rings. The Morgan fingerprint density at radius 2 is 1.87 bits per heavy atom. The van der Waals surface area contributed by atoms with Crippen molar-refractivity contribution in [1.82, 2.24) is 9.62 Å². The van der Waals surface area contributed by atoms with Crippen molar-refractivity contribution in [2.24, 2.45) is 0 Å². The van der Waals surface area contributed by atoms with E-state index in [0.717, 1.165) is 30.5 Å². The van der Waals surface area contributed by atoms with Gasteiger partial charge < -0.3 is 10.6 Å². The molecule has 5 nitrogen and oxygen atoms in total. The van der Waals surface area contributed by atoms with Crippen LogP contribution in [0.15, 0.2) is 23.1 Å². The summed E-state index contributed by atoms with van der Waals surface area (Å²) in [7, 11) is -3.43. The van der Waals surface area contributed by atoms with E-state index in [0.29, 0.717) is 23.1 Å². The summed E-state index contributed by atoms with van der Waals surface area (Å²) in [5, 5.41) is 6.69. The molecular formula is C16H25N3O2S2. The van der Waals surface area contributed by atoms with Crippen LogP contribution in [0.1, 0.15) is 38.7 Å². The predicted octanol–water partition coefficient (Wildman–Crippen LogP) is 2.86. The van der Waals surface area contributed by atoms with Gasteiger partial charge in [0.2, 0.25) is 10.0 Å². The first-order valence-corrected chi connectivity index (χ1v) is 9.84. The van der Waals surface area contributed by atoms with E-state index < -0.39 is 10.0 Å². The lowest BCUT2D eigenvalue weighted by atomic mass is 10.2. The molecule has 1 saturated heterocycles. The van der Waals surface area contributed by atoms with Crippen LogP contribution in [-0.4, -0.2) is 37.0 Å². The fourth-order valence-electron chi connectivity index (χ4n) is 2.57. The maximum absolute atomic E-state index is 12.8. The number of hydrogen-bond acceptors (Lipinski definition) is 3. The lowest BCUT2D eigenvalue weighted by Crippen LogP contribution is -2.36. The second-order valence-electron chi connectivity index (χ2n) is 6.19. The number of anilines is 1. The van der Waals surface area contributed by atoms with Gasteiger partial charge in [0.05, 0.1) is 4.90 Å². The maximum atomic E-state index is 12.8. The summed E-state index contributed by atoms with van der Waals surface area (Å²) in [4.78, 5) is 0.319. The Labute approximate surface area is 144 Å². The molecule has 128 valence electrons. The zero-order chi connectivity index (χ0) is 17.0. The summed E-state index contributed by atoms with van der Waals surface area (Å²) in [5.74, 6) is 0. The van der Waals surface area contributed by atoms with Crippen LogP contribution < -0.4 is 10.6 Å². The molecule has 7 heteroatoms. The number of piperidine rings is 1. The van der Waals surface area contributed by atoms with Crippen LogP contribution in [0, 0.1) is 6.92 Å². The summed E-state index contributed by atoms with van der Waals surface area (Å²) >= 11 is 5.25. The average Bonchev–Trinajstić information content (AvgIpc) is 2.49. The topological polar surface area (TPSA) is 61.4 Å². The smallest absolute Gasteiger partial charge is 0.243 e. The number of sulfonamides is 1. The molecule has 23 heavy (non-hydrogen) atoms. The molecule has 0 atom stereocenters. The van der Waals surface area contributed by atoms with E-state index in [1.54, 1.807) is 16.4 Å². The highest BCUT2D eigenvalue weighted by Gasteiger charge is 2.26. The molecule has 2 N–H and O–H groups in total. The molecule has 1 aromatic carbocycles. The molecule has 1 aliphatic heterocycles. The number of thiocarbonyl (C=S) groups is 1. The molecule has 1 aromatic rings. The summed E-state index contributed by atoms with van der Waals surface area (Å²) < 4.78 is 27.1. The van der Waals surface area contributed by atoms with Gasteiger partial charge in [0.25, 0.3) is 0 Å². The van der Waals surface area contributed by atoms with Crippen molar-refractivity contribution >= 4 is 33.0 Å². The SMILES string of the molecule is Cc1ccc(S(=O)(=O)N2CCCCC2)cc1NC(=S)NC(C)C. The molecule has 0 radical (unpaired) electrons. The largest absolute Gasteiger partial charge is 0.360 e. The van der Waals surface area contributed by atoms with E-state index in [2.05, 4.69) is 10.6 Å². The first-order valence-electron chi connectivity index (χ1n) is 7.99. The number of aryl methyl sites for hydroxylation is 1. The van der Waals surface area contributed by atoms with Gasteiger partial charge in [0.1, 0.15) is 0 Å². The van der Waals surface area contributed by atoms with Gasteiger partial charge in [-0.2, -0.15) is 4.31 Å². The Morgan fingerprint density at radius 3 is 2.48 bits per heavy atom. The minimum Gasteiger partial charge on any atom is -0.360 e. The zero-order valence-corrected chi connectivity index (χ0v) is 15.6. The first-order chi connectivity index (χ1) is 10.8. The van der Waals surface area contributed by atoms with E-state index in [-0.39, 0.29) is 6.04 Å². The summed E-state index contributed by atoms with van der Waals surface area (Å²) in [5.41, 5.74) is 1.68. The standard InChI is InChI=1S/C16H25N3O2S2/c1-12(2)17-16(22)18-15-11-14(8-7-13(15)3)23(20,21)19-9-5-4-6-10-19/h7-8,11-12H,4-6,9-10H2,1-3H3,(H2,17,18,22). The number of nitrogens with zero attached hydrogens (tertiary/aromatic N) is 1. The van der Waals surface area contributed by atoms with Gasteiger partial charge in [-0.05, 0) is 63.5 Å². The Hall–Kier alpha value is -1.18. The molecule has 0 amide bonds. The second-order valence-corrected chi connectivity index (χ2v) is 8.54. The van der Waals surface area contributed by atoms with Crippen LogP contribution in [0.4, 0.5) is 5.69 Å². The molecule has 0 saturated carbocycles. The molecule has 0 bridgehead atoms. The highest BCUT2D eigenvalue weighted by atomic mass is 32.2. The Balaban J connectivity index is 2.23. The first kappa shape index (κ1) is 18.2. The summed E-state index contributed by atoms with van der Waals surface area (Å²) in [6, 6.07) is 5.38. The molecule has 0 aromatic heterocycles. The molecule has 2 rings (SSSR count). The molecular weight excluding hydrogens is 330 g/mol. The quantitative estimate of drug-likeness (QED) is 0.813. The minimum atomic E-state index is -3.43. The van der Waals surface area contributed by atoms with E-state index in [4.69, 9.17) is 12.2 Å². The van der Waals surface area contributed by atoms with E-state index in [9.17, 15) is 8.42 Å². The summed E-state index contributed by atoms with van der Waals surface area (Å²) in [6.07, 6.45) is 2.96. The molecule has 0 spiro atoms. The lowest BCUT2D eigenvalue weighted by molar-refractivity contribution is 0.346. The van der Waals surface area contributed by atoms with Crippen molar-refractivity contribution in [3.05, 3.63) is 23.8 Å². The van der Waals surface area contributed by atoms with Gasteiger partial charge >= 0.3 is 0 Å². The number of rotatable bonds is 4. The van der Waals surface area contributed by atoms with Crippen LogP contribution in [0.2, 0.25) is 0 Å². The highest BCUT2D eigenvalue weighted by Crippen LogP contribution is 2.25. The maximum Gasteiger partial charge on any atom is 0.243 e. The van der Waals surface area contributed by atoms with Gasteiger partial charge in [0.15, 0.2) is 5.11 Å². The van der Waals surface area contributed by atoms with Crippen LogP contribution in [0.3, 0.4) is 0 Å². The summed E-state index contributed by atoms with van der Waals surface area (Å²) in [6.45, 7) is 7.13. The highest BCUT2D eigenvalue weighted by molar-refractivity contribution is 7.89. The fraction of sp³-hybridized carbons (Fsp3) is 0.562. The number of benzene rings is 1. The third-order valence-electron chi connectivity index (χ3n) is 3.83. The van der Waals surface area contributed by atoms with Crippen molar-refractivity contribution < 1.29 is 8.42 Å². The fourth-order valence-corrected chi connectivity index (χ4v) is 4.46. The van der Waals surface area contributed by atoms with Gasteiger partial charge in [-0.25, -0.2) is 8.42 Å². The number of hydrogen-bond donors (Lipinski definition) is 2. The van der Waals surface area contributed by atoms with Gasteiger partial charge in [-0.15, -0.1) is 0 Å². The normalized spacial score (nSPS) is 16.3. The van der Waals surface area contributed by atoms with Gasteiger partial charge in [-0.1, -0.05) is 12.5 Å². The van der Waals surface area contributed by atoms with E-state index in [1.165, 1.54) is 0 Å². The zero-order valence-electron chi connectivity index (χ0n) is 13.9. The van der Waals surface area contributed by atoms with Crippen molar-refractivity contribution in [3.8, 4) is 0 Å². The van der Waals surface area contributed by atoms with Crippen molar-refractivity contribution in [1.29, 1.82) is 0 Å². The van der Waals surface area contributed by atoms with Crippen LogP contribution in [-0.2, 0) is 10.0 Å². The molecule has 0 aliphatic carbocycles.